The summed E-state index contributed by atoms with van der Waals surface area (Å²) >= 11 is 6.56. The maximum atomic E-state index is 12.9. The molecule has 10 heteroatoms. The van der Waals surface area contributed by atoms with E-state index in [4.69, 9.17) is 21.7 Å². The van der Waals surface area contributed by atoms with Gasteiger partial charge < -0.3 is 9.47 Å². The normalized spacial score (nSPS) is 18.2. The summed E-state index contributed by atoms with van der Waals surface area (Å²) in [6.07, 6.45) is 4.51. The maximum absolute atomic E-state index is 12.9. The minimum absolute atomic E-state index is 0.0511. The van der Waals surface area contributed by atoms with Crippen LogP contribution in [0.3, 0.4) is 0 Å². The summed E-state index contributed by atoms with van der Waals surface area (Å²) in [4.78, 5) is 37.3. The highest BCUT2D eigenvalue weighted by atomic mass is 32.2. The van der Waals surface area contributed by atoms with E-state index in [1.165, 1.54) is 17.8 Å². The van der Waals surface area contributed by atoms with E-state index in [2.05, 4.69) is 0 Å². The molecule has 1 fully saturated rings. The predicted molar refractivity (Wildman–Crippen MR) is 125 cm³/mol. The van der Waals surface area contributed by atoms with Crippen molar-refractivity contribution in [3.8, 4) is 0 Å². The summed E-state index contributed by atoms with van der Waals surface area (Å²) in [7, 11) is 0. The van der Waals surface area contributed by atoms with E-state index in [0.717, 1.165) is 6.42 Å². The average molecular weight is 477 g/mol. The lowest BCUT2D eigenvalue weighted by atomic mass is 10.1. The zero-order valence-electron chi connectivity index (χ0n) is 17.9. The van der Waals surface area contributed by atoms with Crippen molar-refractivity contribution in [2.24, 2.45) is 0 Å². The molecule has 0 saturated carbocycles. The zero-order chi connectivity index (χ0) is 23.3. The number of hydrogen-bond acceptors (Lipinski definition) is 8. The molecule has 32 heavy (non-hydrogen) atoms. The van der Waals surface area contributed by atoms with Gasteiger partial charge in [-0.2, -0.15) is 0 Å². The van der Waals surface area contributed by atoms with Crippen molar-refractivity contribution in [3.05, 3.63) is 56.7 Å². The van der Waals surface area contributed by atoms with Gasteiger partial charge in [0.05, 0.1) is 16.6 Å². The second-order valence-corrected chi connectivity index (χ2v) is 9.22. The SMILES string of the molecule is CC(C)OC(=O)CCCCCN1C(=O)/C(=C2\CC=C(c3ccccc3[N+](=O)[O-])O2)SC1=S. The van der Waals surface area contributed by atoms with E-state index in [9.17, 15) is 19.7 Å². The number of allylic oxidation sites excluding steroid dienone is 1. The lowest BCUT2D eigenvalue weighted by molar-refractivity contribution is -0.385. The molecule has 1 saturated heterocycles. The summed E-state index contributed by atoms with van der Waals surface area (Å²) in [6.45, 7) is 4.09. The quantitative estimate of drug-likeness (QED) is 0.123. The molecule has 0 N–H and O–H groups in total. The third-order valence-corrected chi connectivity index (χ3v) is 6.28. The van der Waals surface area contributed by atoms with Gasteiger partial charge in [-0.25, -0.2) is 0 Å². The van der Waals surface area contributed by atoms with Gasteiger partial charge in [0, 0.05) is 25.5 Å². The smallest absolute Gasteiger partial charge is 0.306 e. The number of thiocarbonyl (C=S) groups is 1. The molecule has 0 atom stereocenters. The number of nitro groups is 1. The van der Waals surface area contributed by atoms with Crippen molar-refractivity contribution in [3.63, 3.8) is 0 Å². The minimum Gasteiger partial charge on any atom is -0.463 e. The zero-order valence-corrected chi connectivity index (χ0v) is 19.5. The Kier molecular flexibility index (Phi) is 8.03. The summed E-state index contributed by atoms with van der Waals surface area (Å²) in [5.41, 5.74) is 0.323. The number of unbranched alkanes of at least 4 members (excludes halogenated alkanes) is 2. The number of carbonyl (C=O) groups excluding carboxylic acids is 2. The molecule has 170 valence electrons. The second-order valence-electron chi connectivity index (χ2n) is 7.58. The highest BCUT2D eigenvalue weighted by Gasteiger charge is 2.36. The molecular weight excluding hydrogens is 452 g/mol. The third kappa shape index (κ3) is 5.74. The largest absolute Gasteiger partial charge is 0.463 e. The van der Waals surface area contributed by atoms with Crippen LogP contribution in [0.4, 0.5) is 5.69 Å². The first-order valence-electron chi connectivity index (χ1n) is 10.4. The Bertz CT molecular complexity index is 1000. The number of esters is 1. The molecule has 2 heterocycles. The van der Waals surface area contributed by atoms with Crippen molar-refractivity contribution in [1.82, 2.24) is 4.90 Å². The van der Waals surface area contributed by atoms with E-state index in [1.807, 2.05) is 13.8 Å². The number of nitrogens with zero attached hydrogens (tertiary/aromatic N) is 2. The molecule has 1 aromatic rings. The van der Waals surface area contributed by atoms with Crippen LogP contribution in [0.5, 0.6) is 0 Å². The molecule has 2 aliphatic rings. The molecular formula is C22H24N2O6S2. The first-order valence-corrected chi connectivity index (χ1v) is 11.6. The van der Waals surface area contributed by atoms with E-state index in [1.54, 1.807) is 29.2 Å². The van der Waals surface area contributed by atoms with Crippen LogP contribution in [0.2, 0.25) is 0 Å². The van der Waals surface area contributed by atoms with Crippen molar-refractivity contribution >= 4 is 51.6 Å². The monoisotopic (exact) mass is 476 g/mol. The number of nitro benzene ring substituents is 1. The number of para-hydroxylation sites is 1. The van der Waals surface area contributed by atoms with Crippen molar-refractivity contribution in [1.29, 1.82) is 0 Å². The van der Waals surface area contributed by atoms with Gasteiger partial charge in [-0.1, -0.05) is 42.5 Å². The first-order chi connectivity index (χ1) is 15.3. The molecule has 2 aliphatic heterocycles. The Balaban J connectivity index is 1.56. The molecule has 0 radical (unpaired) electrons. The third-order valence-electron chi connectivity index (χ3n) is 4.80. The van der Waals surface area contributed by atoms with E-state index >= 15 is 0 Å². The molecule has 3 rings (SSSR count). The topological polar surface area (TPSA) is 99.0 Å². The van der Waals surface area contributed by atoms with Crippen molar-refractivity contribution < 1.29 is 24.0 Å². The number of rotatable bonds is 9. The van der Waals surface area contributed by atoms with Gasteiger partial charge in [-0.05, 0) is 38.8 Å². The van der Waals surface area contributed by atoms with Gasteiger partial charge in [0.2, 0.25) is 0 Å². The highest BCUT2D eigenvalue weighted by molar-refractivity contribution is 8.26. The number of hydrogen-bond donors (Lipinski definition) is 0. The van der Waals surface area contributed by atoms with Gasteiger partial charge in [0.15, 0.2) is 0 Å². The molecule has 0 aliphatic carbocycles. The van der Waals surface area contributed by atoms with E-state index in [0.29, 0.717) is 58.5 Å². The summed E-state index contributed by atoms with van der Waals surface area (Å²) in [5.74, 6) is 0.391. The molecule has 1 amide bonds. The molecule has 0 aromatic heterocycles. The van der Waals surface area contributed by atoms with E-state index < -0.39 is 4.92 Å². The predicted octanol–water partition coefficient (Wildman–Crippen LogP) is 4.94. The number of ether oxygens (including phenoxy) is 2. The Morgan fingerprint density at radius 2 is 2.06 bits per heavy atom. The number of carbonyl (C=O) groups is 2. The molecule has 1 aromatic carbocycles. The Hall–Kier alpha value is -2.72. The number of benzene rings is 1. The standard InChI is InChI=1S/C22H24N2O6S2/c1-14(2)29-19(25)10-4-3-7-13-23-21(26)20(32-22(23)31)18-12-11-17(30-18)15-8-5-6-9-16(15)24(27)28/h5-6,8-9,11,14H,3-4,7,10,12-13H2,1-2H3/b20-18-. The first kappa shape index (κ1) is 23.9. The Morgan fingerprint density at radius 1 is 1.31 bits per heavy atom. The second kappa shape index (κ2) is 10.7. The number of thioether (sulfide) groups is 1. The molecule has 0 spiro atoms. The fraction of sp³-hybridized carbons (Fsp3) is 0.409. The van der Waals surface area contributed by atoms with Crippen LogP contribution in [0.15, 0.2) is 41.0 Å². The van der Waals surface area contributed by atoms with Gasteiger partial charge in [-0.3, -0.25) is 24.6 Å². The van der Waals surface area contributed by atoms with Gasteiger partial charge in [-0.15, -0.1) is 0 Å². The Labute approximate surface area is 195 Å². The van der Waals surface area contributed by atoms with Gasteiger partial charge in [0.25, 0.3) is 11.6 Å². The van der Waals surface area contributed by atoms with Crippen LogP contribution >= 0.6 is 24.0 Å². The van der Waals surface area contributed by atoms with Crippen LogP contribution in [-0.4, -0.2) is 38.7 Å². The van der Waals surface area contributed by atoms with Gasteiger partial charge >= 0.3 is 5.97 Å². The lowest BCUT2D eigenvalue weighted by Gasteiger charge is -2.14. The summed E-state index contributed by atoms with van der Waals surface area (Å²) < 4.78 is 11.4. The van der Waals surface area contributed by atoms with Crippen LogP contribution in [0, 0.1) is 10.1 Å². The molecule has 0 bridgehead atoms. The van der Waals surface area contributed by atoms with Crippen LogP contribution in [-0.2, 0) is 19.1 Å². The van der Waals surface area contributed by atoms with Crippen LogP contribution in [0.1, 0.15) is 51.5 Å². The Morgan fingerprint density at radius 3 is 2.78 bits per heavy atom. The van der Waals surface area contributed by atoms with Crippen molar-refractivity contribution in [2.45, 2.75) is 52.1 Å². The van der Waals surface area contributed by atoms with Crippen molar-refractivity contribution in [2.75, 3.05) is 6.54 Å². The number of amides is 1. The summed E-state index contributed by atoms with van der Waals surface area (Å²) in [5, 5.41) is 11.3. The average Bonchev–Trinajstić information content (AvgIpc) is 3.32. The summed E-state index contributed by atoms with van der Waals surface area (Å²) in [6, 6.07) is 6.33. The fourth-order valence-electron chi connectivity index (χ4n) is 3.35. The van der Waals surface area contributed by atoms with Gasteiger partial charge in [0.1, 0.15) is 20.7 Å². The fourth-order valence-corrected chi connectivity index (χ4v) is 4.66. The van der Waals surface area contributed by atoms with Crippen LogP contribution < -0.4 is 0 Å². The molecule has 8 nitrogen and oxygen atoms in total. The van der Waals surface area contributed by atoms with E-state index in [-0.39, 0.29) is 23.7 Å². The maximum Gasteiger partial charge on any atom is 0.306 e. The van der Waals surface area contributed by atoms with Crippen LogP contribution in [0.25, 0.3) is 5.76 Å². The minimum atomic E-state index is -0.459. The molecule has 0 unspecified atom stereocenters. The highest BCUT2D eigenvalue weighted by Crippen LogP contribution is 2.41. The lowest BCUT2D eigenvalue weighted by Crippen LogP contribution is -2.29.